The van der Waals surface area contributed by atoms with Gasteiger partial charge >= 0.3 is 5.69 Å². The van der Waals surface area contributed by atoms with Crippen molar-refractivity contribution in [2.75, 3.05) is 20.6 Å². The molecule has 3 heterocycles. The smallest absolute Gasteiger partial charge is 0.309 e. The molecule has 3 aromatic rings. The van der Waals surface area contributed by atoms with E-state index in [4.69, 9.17) is 0 Å². The number of nitrogens with zero attached hydrogens (tertiary/aromatic N) is 4. The van der Waals surface area contributed by atoms with E-state index in [1.165, 1.54) is 26.5 Å². The maximum atomic E-state index is 13.3. The Morgan fingerprint density at radius 3 is 2.53 bits per heavy atom. The van der Waals surface area contributed by atoms with Crippen LogP contribution in [0.15, 0.2) is 26.1 Å². The highest BCUT2D eigenvalue weighted by molar-refractivity contribution is 7.91. The molecule has 1 saturated carbocycles. The summed E-state index contributed by atoms with van der Waals surface area (Å²) in [6.07, 6.45) is 3.92. The number of hydrogen-bond acceptors (Lipinski definition) is 8. The first-order chi connectivity index (χ1) is 15.0. The van der Waals surface area contributed by atoms with Crippen molar-refractivity contribution in [2.24, 2.45) is 0 Å². The van der Waals surface area contributed by atoms with Gasteiger partial charge in [-0.2, -0.15) is 0 Å². The van der Waals surface area contributed by atoms with E-state index in [2.05, 4.69) is 9.71 Å². The van der Waals surface area contributed by atoms with Crippen molar-refractivity contribution in [1.82, 2.24) is 23.7 Å². The van der Waals surface area contributed by atoms with Crippen LogP contribution in [0.25, 0.3) is 10.2 Å². The second-order valence-electron chi connectivity index (χ2n) is 8.78. The van der Waals surface area contributed by atoms with Crippen LogP contribution in [0.1, 0.15) is 36.1 Å². The number of aromatic nitrogens is 3. The first kappa shape index (κ1) is 23.3. The van der Waals surface area contributed by atoms with Gasteiger partial charge in [0.05, 0.1) is 16.9 Å². The summed E-state index contributed by atoms with van der Waals surface area (Å²) in [6.45, 7) is 4.99. The third-order valence-electron chi connectivity index (χ3n) is 5.49. The van der Waals surface area contributed by atoms with E-state index < -0.39 is 26.8 Å². The summed E-state index contributed by atoms with van der Waals surface area (Å²) < 4.78 is 31.4. The van der Waals surface area contributed by atoms with Crippen molar-refractivity contribution in [3.63, 3.8) is 0 Å². The number of hydrogen-bond donors (Lipinski definition) is 1. The van der Waals surface area contributed by atoms with Gasteiger partial charge in [-0.1, -0.05) is 0 Å². The summed E-state index contributed by atoms with van der Waals surface area (Å²) in [7, 11) is 0.122. The molecule has 0 saturated heterocycles. The molecule has 0 atom stereocenters. The predicted octanol–water partition coefficient (Wildman–Crippen LogP) is 1.82. The molecule has 32 heavy (non-hydrogen) atoms. The quantitative estimate of drug-likeness (QED) is 0.483. The average Bonchev–Trinajstić information content (AvgIpc) is 3.09. The van der Waals surface area contributed by atoms with E-state index in [0.717, 1.165) is 40.6 Å². The largest absolute Gasteiger partial charge is 0.332 e. The Morgan fingerprint density at radius 2 is 1.94 bits per heavy atom. The van der Waals surface area contributed by atoms with Gasteiger partial charge < -0.3 is 4.90 Å². The fourth-order valence-corrected chi connectivity index (χ4v) is 7.20. The number of thiophene rings is 1. The lowest BCUT2D eigenvalue weighted by atomic mass is 10.3. The van der Waals surface area contributed by atoms with Crippen LogP contribution in [0.2, 0.25) is 0 Å². The second kappa shape index (κ2) is 8.49. The SMILES string of the molecule is Cc1ncc(Cn2c(=O)c3cc(S(=O)(=O)NC4(C)CC4)sc3n(CCCN(C)C)c2=O)s1. The molecule has 0 unspecified atom stereocenters. The third kappa shape index (κ3) is 4.74. The molecule has 0 bridgehead atoms. The van der Waals surface area contributed by atoms with Gasteiger partial charge in [0.15, 0.2) is 0 Å². The molecule has 174 valence electrons. The fraction of sp³-hybridized carbons (Fsp3) is 0.550. The number of thiazole rings is 1. The highest BCUT2D eigenvalue weighted by atomic mass is 32.2. The molecule has 4 rings (SSSR count). The molecule has 9 nitrogen and oxygen atoms in total. The summed E-state index contributed by atoms with van der Waals surface area (Å²) in [4.78, 5) is 34.0. The normalized spacial score (nSPS) is 15.7. The Hall–Kier alpha value is -1.86. The van der Waals surface area contributed by atoms with Crippen molar-refractivity contribution in [3.05, 3.63) is 43.0 Å². The van der Waals surface area contributed by atoms with Crippen LogP contribution < -0.4 is 16.0 Å². The maximum Gasteiger partial charge on any atom is 0.332 e. The fourth-order valence-electron chi connectivity index (χ4n) is 3.49. The summed E-state index contributed by atoms with van der Waals surface area (Å²) >= 11 is 2.41. The van der Waals surface area contributed by atoms with Gasteiger partial charge in [0.25, 0.3) is 15.6 Å². The third-order valence-corrected chi connectivity index (χ3v) is 9.66. The molecule has 1 fully saturated rings. The summed E-state index contributed by atoms with van der Waals surface area (Å²) in [5.74, 6) is 0. The van der Waals surface area contributed by atoms with Crippen molar-refractivity contribution in [1.29, 1.82) is 0 Å². The molecule has 0 amide bonds. The summed E-state index contributed by atoms with van der Waals surface area (Å²) in [5.41, 5.74) is -1.33. The minimum absolute atomic E-state index is 0.0601. The highest BCUT2D eigenvalue weighted by Gasteiger charge is 2.41. The van der Waals surface area contributed by atoms with Gasteiger partial charge in [-0.15, -0.1) is 22.7 Å². The topological polar surface area (TPSA) is 106 Å². The van der Waals surface area contributed by atoms with Crippen LogP contribution in [0.3, 0.4) is 0 Å². The molecule has 1 N–H and O–H groups in total. The molecular formula is C20H27N5O4S3. The minimum atomic E-state index is -3.78. The Labute approximate surface area is 194 Å². The van der Waals surface area contributed by atoms with Gasteiger partial charge in [0.2, 0.25) is 0 Å². The predicted molar refractivity (Wildman–Crippen MR) is 127 cm³/mol. The number of fused-ring (bicyclic) bond motifs is 1. The zero-order valence-corrected chi connectivity index (χ0v) is 21.0. The van der Waals surface area contributed by atoms with Crippen LogP contribution >= 0.6 is 22.7 Å². The Morgan fingerprint density at radius 1 is 1.22 bits per heavy atom. The lowest BCUT2D eigenvalue weighted by Gasteiger charge is -2.13. The van der Waals surface area contributed by atoms with Crippen LogP contribution in [-0.2, 0) is 23.1 Å². The number of nitrogens with one attached hydrogen (secondary N) is 1. The first-order valence-corrected chi connectivity index (χ1v) is 13.5. The Kier molecular flexibility index (Phi) is 6.18. The molecule has 0 spiro atoms. The van der Waals surface area contributed by atoms with E-state index >= 15 is 0 Å². The number of rotatable bonds is 9. The van der Waals surface area contributed by atoms with Crippen LogP contribution in [-0.4, -0.2) is 53.6 Å². The first-order valence-electron chi connectivity index (χ1n) is 10.4. The van der Waals surface area contributed by atoms with E-state index in [1.807, 2.05) is 32.8 Å². The van der Waals surface area contributed by atoms with Gasteiger partial charge in [0.1, 0.15) is 9.04 Å². The van der Waals surface area contributed by atoms with Crippen LogP contribution in [0.4, 0.5) is 0 Å². The number of aryl methyl sites for hydroxylation is 2. The summed E-state index contributed by atoms with van der Waals surface area (Å²) in [5, 5.41) is 1.10. The minimum Gasteiger partial charge on any atom is -0.309 e. The molecule has 0 aliphatic heterocycles. The Bertz CT molecular complexity index is 1380. The summed E-state index contributed by atoms with van der Waals surface area (Å²) in [6, 6.07) is 1.41. The molecule has 1 aliphatic rings. The number of sulfonamides is 1. The van der Waals surface area contributed by atoms with Crippen molar-refractivity contribution in [3.8, 4) is 0 Å². The zero-order chi connectivity index (χ0) is 23.3. The molecule has 3 aromatic heterocycles. The van der Waals surface area contributed by atoms with Gasteiger partial charge in [0, 0.05) is 23.2 Å². The van der Waals surface area contributed by atoms with E-state index in [0.29, 0.717) is 17.8 Å². The van der Waals surface area contributed by atoms with E-state index in [1.54, 1.807) is 6.20 Å². The zero-order valence-electron chi connectivity index (χ0n) is 18.5. The van der Waals surface area contributed by atoms with Crippen molar-refractivity contribution in [2.45, 2.75) is 55.9 Å². The van der Waals surface area contributed by atoms with Gasteiger partial charge in [-0.25, -0.2) is 22.9 Å². The van der Waals surface area contributed by atoms with Crippen molar-refractivity contribution < 1.29 is 8.42 Å². The standard InChI is InChI=1S/C20H27N5O4S3/c1-13-21-11-14(30-13)12-25-17(26)15-10-16(32(28,29)22-20(2)6-7-20)31-18(15)24(19(25)27)9-5-8-23(3)4/h10-11,22H,5-9,12H2,1-4H3. The Balaban J connectivity index is 1.83. The lowest BCUT2D eigenvalue weighted by molar-refractivity contribution is 0.384. The highest BCUT2D eigenvalue weighted by Crippen LogP contribution is 2.37. The molecular weight excluding hydrogens is 470 g/mol. The average molecular weight is 498 g/mol. The molecule has 0 radical (unpaired) electrons. The van der Waals surface area contributed by atoms with E-state index in [-0.39, 0.29) is 16.1 Å². The van der Waals surface area contributed by atoms with Crippen LogP contribution in [0, 0.1) is 6.92 Å². The maximum absolute atomic E-state index is 13.3. The monoisotopic (exact) mass is 497 g/mol. The molecule has 1 aliphatic carbocycles. The van der Waals surface area contributed by atoms with Crippen LogP contribution in [0.5, 0.6) is 0 Å². The second-order valence-corrected chi connectivity index (χ2v) is 13.0. The van der Waals surface area contributed by atoms with E-state index in [9.17, 15) is 18.0 Å². The molecule has 12 heteroatoms. The molecule has 0 aromatic carbocycles. The lowest BCUT2D eigenvalue weighted by Crippen LogP contribution is -2.40. The van der Waals surface area contributed by atoms with Crippen molar-refractivity contribution >= 4 is 42.9 Å². The van der Waals surface area contributed by atoms with Gasteiger partial charge in [-0.3, -0.25) is 13.9 Å². The van der Waals surface area contributed by atoms with Gasteiger partial charge in [-0.05, 0) is 59.8 Å².